The van der Waals surface area contributed by atoms with E-state index in [2.05, 4.69) is 0 Å². The van der Waals surface area contributed by atoms with Gasteiger partial charge in [-0.3, -0.25) is 0 Å². The maximum atomic E-state index is 10.6. The smallest absolute Gasteiger partial charge is 0.186 e. The van der Waals surface area contributed by atoms with Crippen LogP contribution >= 0.6 is 0 Å². The van der Waals surface area contributed by atoms with Crippen molar-refractivity contribution < 1.29 is 9.84 Å². The van der Waals surface area contributed by atoms with Gasteiger partial charge in [0.05, 0.1) is 6.10 Å². The SMILES string of the molecule is C[C@@H](O)c1ccc[n+]([O-])c1. The lowest BCUT2D eigenvalue weighted by molar-refractivity contribution is -0.606. The third-order valence-electron chi connectivity index (χ3n) is 1.28. The van der Waals surface area contributed by atoms with Crippen LogP contribution in [-0.2, 0) is 0 Å². The summed E-state index contributed by atoms with van der Waals surface area (Å²) in [5.74, 6) is 0. The molecule has 1 N–H and O–H groups in total. The van der Waals surface area contributed by atoms with E-state index < -0.39 is 6.10 Å². The standard InChI is InChI=1S/C7H9NO2/c1-6(9)7-3-2-4-8(10)5-7/h2-6,9H,1H3/t6-/m1/s1. The lowest BCUT2D eigenvalue weighted by Gasteiger charge is -2.02. The maximum absolute atomic E-state index is 10.6. The van der Waals surface area contributed by atoms with Gasteiger partial charge in [-0.2, -0.15) is 4.73 Å². The Kier molecular flexibility index (Phi) is 1.87. The second-order valence-electron chi connectivity index (χ2n) is 2.17. The highest BCUT2D eigenvalue weighted by atomic mass is 16.5. The van der Waals surface area contributed by atoms with E-state index in [1.807, 2.05) is 0 Å². The second kappa shape index (κ2) is 2.66. The Morgan fingerprint density at radius 1 is 1.70 bits per heavy atom. The molecule has 0 aliphatic heterocycles. The predicted molar refractivity (Wildman–Crippen MR) is 36.0 cm³/mol. The van der Waals surface area contributed by atoms with Crippen LogP contribution in [0.25, 0.3) is 0 Å². The van der Waals surface area contributed by atoms with Gasteiger partial charge in [0.2, 0.25) is 0 Å². The summed E-state index contributed by atoms with van der Waals surface area (Å²) in [6.45, 7) is 1.62. The first-order valence-corrected chi connectivity index (χ1v) is 3.07. The fourth-order valence-corrected chi connectivity index (χ4v) is 0.719. The fraction of sp³-hybridized carbons (Fsp3) is 0.286. The van der Waals surface area contributed by atoms with Crippen LogP contribution in [0.1, 0.15) is 18.6 Å². The Morgan fingerprint density at radius 3 is 2.80 bits per heavy atom. The number of nitrogens with zero attached hydrogens (tertiary/aromatic N) is 1. The number of aliphatic hydroxyl groups excluding tert-OH is 1. The van der Waals surface area contributed by atoms with Gasteiger partial charge in [0.15, 0.2) is 12.4 Å². The van der Waals surface area contributed by atoms with Crippen LogP contribution in [0.2, 0.25) is 0 Å². The number of rotatable bonds is 1. The molecule has 0 aliphatic rings. The summed E-state index contributed by atoms with van der Waals surface area (Å²) in [4.78, 5) is 0. The van der Waals surface area contributed by atoms with E-state index in [1.54, 1.807) is 19.1 Å². The van der Waals surface area contributed by atoms with Crippen molar-refractivity contribution >= 4 is 0 Å². The first kappa shape index (κ1) is 7.02. The fourth-order valence-electron chi connectivity index (χ4n) is 0.719. The number of pyridine rings is 1. The molecule has 1 aromatic rings. The first-order chi connectivity index (χ1) is 4.70. The molecule has 0 radical (unpaired) electrons. The van der Waals surface area contributed by atoms with Crippen LogP contribution in [-0.4, -0.2) is 5.11 Å². The van der Waals surface area contributed by atoms with Crippen LogP contribution in [0.15, 0.2) is 24.5 Å². The molecule has 1 aromatic heterocycles. The summed E-state index contributed by atoms with van der Waals surface area (Å²) in [5.41, 5.74) is 0.637. The minimum Gasteiger partial charge on any atom is -0.619 e. The van der Waals surface area contributed by atoms with Gasteiger partial charge in [-0.1, -0.05) is 0 Å². The zero-order valence-electron chi connectivity index (χ0n) is 5.69. The maximum Gasteiger partial charge on any atom is 0.186 e. The monoisotopic (exact) mass is 139 g/mol. The summed E-state index contributed by atoms with van der Waals surface area (Å²) in [7, 11) is 0. The molecule has 0 saturated carbocycles. The average molecular weight is 139 g/mol. The number of aliphatic hydroxyl groups is 1. The van der Waals surface area contributed by atoms with Gasteiger partial charge in [0.25, 0.3) is 0 Å². The lowest BCUT2D eigenvalue weighted by Crippen LogP contribution is -2.25. The topological polar surface area (TPSA) is 47.2 Å². The molecule has 54 valence electrons. The molecule has 0 bridgehead atoms. The minimum atomic E-state index is -0.568. The Balaban J connectivity index is 2.96. The van der Waals surface area contributed by atoms with E-state index in [-0.39, 0.29) is 0 Å². The molecule has 0 saturated heterocycles. The van der Waals surface area contributed by atoms with Crippen LogP contribution in [0.4, 0.5) is 0 Å². The van der Waals surface area contributed by atoms with Crippen molar-refractivity contribution in [2.75, 3.05) is 0 Å². The second-order valence-corrected chi connectivity index (χ2v) is 2.17. The van der Waals surface area contributed by atoms with Crippen molar-refractivity contribution in [3.05, 3.63) is 35.3 Å². The predicted octanol–water partition coefficient (Wildman–Crippen LogP) is 0.373. The quantitative estimate of drug-likeness (QED) is 0.451. The number of hydrogen-bond acceptors (Lipinski definition) is 2. The van der Waals surface area contributed by atoms with Crippen LogP contribution < -0.4 is 4.73 Å². The number of aromatic nitrogens is 1. The molecule has 3 nitrogen and oxygen atoms in total. The Hall–Kier alpha value is -1.09. The largest absolute Gasteiger partial charge is 0.619 e. The summed E-state index contributed by atoms with van der Waals surface area (Å²) < 4.78 is 0.669. The zero-order valence-corrected chi connectivity index (χ0v) is 5.69. The molecule has 0 aliphatic carbocycles. The Bertz CT molecular complexity index is 223. The molecule has 1 rings (SSSR count). The normalized spacial score (nSPS) is 13.0. The van der Waals surface area contributed by atoms with Crippen molar-refractivity contribution in [2.45, 2.75) is 13.0 Å². The summed E-state index contributed by atoms with van der Waals surface area (Å²) >= 11 is 0. The van der Waals surface area contributed by atoms with E-state index in [1.165, 1.54) is 12.4 Å². The average Bonchev–Trinajstić information content (AvgIpc) is 1.88. The van der Waals surface area contributed by atoms with Gasteiger partial charge in [0, 0.05) is 11.6 Å². The molecule has 1 heterocycles. The molecule has 0 aromatic carbocycles. The molecular formula is C7H9NO2. The summed E-state index contributed by atoms with van der Waals surface area (Å²) in [5, 5.41) is 19.6. The van der Waals surface area contributed by atoms with Gasteiger partial charge in [0.1, 0.15) is 0 Å². The van der Waals surface area contributed by atoms with E-state index in [4.69, 9.17) is 5.11 Å². The zero-order chi connectivity index (χ0) is 7.56. The van der Waals surface area contributed by atoms with Gasteiger partial charge >= 0.3 is 0 Å². The molecule has 3 heteroatoms. The van der Waals surface area contributed by atoms with Gasteiger partial charge in [-0.25, -0.2) is 0 Å². The van der Waals surface area contributed by atoms with Gasteiger partial charge < -0.3 is 10.3 Å². The summed E-state index contributed by atoms with van der Waals surface area (Å²) in [6, 6.07) is 3.31. The molecule has 0 spiro atoms. The molecule has 0 amide bonds. The van der Waals surface area contributed by atoms with Crippen molar-refractivity contribution in [3.8, 4) is 0 Å². The minimum absolute atomic E-state index is 0.568. The van der Waals surface area contributed by atoms with E-state index in [0.29, 0.717) is 10.3 Å². The third-order valence-corrected chi connectivity index (χ3v) is 1.28. The highest BCUT2D eigenvalue weighted by molar-refractivity contribution is 5.07. The van der Waals surface area contributed by atoms with Crippen LogP contribution in [0.5, 0.6) is 0 Å². The number of hydrogen-bond donors (Lipinski definition) is 1. The Labute approximate surface area is 59.1 Å². The Morgan fingerprint density at radius 2 is 2.40 bits per heavy atom. The molecule has 10 heavy (non-hydrogen) atoms. The van der Waals surface area contributed by atoms with Gasteiger partial charge in [-0.05, 0) is 13.0 Å². The lowest BCUT2D eigenvalue weighted by atomic mass is 10.2. The first-order valence-electron chi connectivity index (χ1n) is 3.07. The molecule has 1 atom stereocenters. The molecule has 0 unspecified atom stereocenters. The highest BCUT2D eigenvalue weighted by Gasteiger charge is 2.01. The van der Waals surface area contributed by atoms with Crippen molar-refractivity contribution in [2.24, 2.45) is 0 Å². The van der Waals surface area contributed by atoms with Crippen LogP contribution in [0.3, 0.4) is 0 Å². The van der Waals surface area contributed by atoms with Crippen molar-refractivity contribution in [1.29, 1.82) is 0 Å². The molecule has 0 fully saturated rings. The van der Waals surface area contributed by atoms with Crippen molar-refractivity contribution in [1.82, 2.24) is 0 Å². The van der Waals surface area contributed by atoms with Crippen molar-refractivity contribution in [3.63, 3.8) is 0 Å². The highest BCUT2D eigenvalue weighted by Crippen LogP contribution is 2.06. The molecular weight excluding hydrogens is 130 g/mol. The van der Waals surface area contributed by atoms with E-state index >= 15 is 0 Å². The van der Waals surface area contributed by atoms with E-state index in [0.717, 1.165) is 0 Å². The third kappa shape index (κ3) is 1.45. The van der Waals surface area contributed by atoms with Gasteiger partial charge in [-0.15, -0.1) is 0 Å². The van der Waals surface area contributed by atoms with E-state index in [9.17, 15) is 5.21 Å². The summed E-state index contributed by atoms with van der Waals surface area (Å²) in [6.07, 6.45) is 2.16. The van der Waals surface area contributed by atoms with Crippen LogP contribution in [0, 0.1) is 5.21 Å².